The molecule has 4 aromatic rings. The molecule has 0 fully saturated rings. The number of halogens is 3. The molecule has 0 aliphatic rings. The van der Waals surface area contributed by atoms with Gasteiger partial charge in [0.1, 0.15) is 11.5 Å². The van der Waals surface area contributed by atoms with Crippen LogP contribution in [0.1, 0.15) is 21.7 Å². The highest BCUT2D eigenvalue weighted by Gasteiger charge is 2.11. The van der Waals surface area contributed by atoms with Crippen molar-refractivity contribution in [3.8, 4) is 11.3 Å². The average molecular weight is 585 g/mol. The third kappa shape index (κ3) is 7.24. The minimum absolute atomic E-state index is 0.110. The Balaban J connectivity index is 1.28. The van der Waals surface area contributed by atoms with E-state index in [9.17, 15) is 9.59 Å². The van der Waals surface area contributed by atoms with E-state index in [2.05, 4.69) is 16.0 Å². The van der Waals surface area contributed by atoms with Crippen LogP contribution in [0.25, 0.3) is 17.4 Å². The van der Waals surface area contributed by atoms with Gasteiger partial charge in [0.2, 0.25) is 5.91 Å². The van der Waals surface area contributed by atoms with E-state index in [1.807, 2.05) is 25.1 Å². The molecule has 3 N–H and O–H groups in total. The lowest BCUT2D eigenvalue weighted by molar-refractivity contribution is -0.115. The Kier molecular flexibility index (Phi) is 8.86. The third-order valence-electron chi connectivity index (χ3n) is 5.30. The maximum Gasteiger partial charge on any atom is 0.257 e. The van der Waals surface area contributed by atoms with Crippen LogP contribution in [0.4, 0.5) is 11.4 Å². The highest BCUT2D eigenvalue weighted by Crippen LogP contribution is 2.27. The molecule has 0 aliphatic carbocycles. The number of carbonyl (C=O) groups excluding carboxylic acids is 2. The number of hydrogen-bond donors (Lipinski definition) is 3. The minimum Gasteiger partial charge on any atom is -0.457 e. The molecule has 0 saturated carbocycles. The van der Waals surface area contributed by atoms with Gasteiger partial charge in [-0.15, -0.1) is 0 Å². The lowest BCUT2D eigenvalue weighted by Crippen LogP contribution is -2.32. The summed E-state index contributed by atoms with van der Waals surface area (Å²) in [5.74, 6) is 0.346. The topological polar surface area (TPSA) is 83.4 Å². The number of nitrogens with one attached hydrogen (secondary N) is 3. The minimum atomic E-state index is -0.428. The van der Waals surface area contributed by atoms with Crippen LogP contribution in [0.3, 0.4) is 0 Å². The second-order valence-electron chi connectivity index (χ2n) is 8.10. The standard InChI is InChI=1S/C28H20Cl3N3O3S/c1-16-2-3-17(14-23(16)30)25-12-9-21(37-25)10-13-26(35)34-28(38)33-20-7-5-19(6-8-20)32-27(36)22-11-4-18(29)15-24(22)31/h2-15H,1H3,(H,32,36)(H2,33,34,35,38)/b13-10+. The monoisotopic (exact) mass is 583 g/mol. The number of hydrogen-bond acceptors (Lipinski definition) is 4. The van der Waals surface area contributed by atoms with Gasteiger partial charge in [-0.3, -0.25) is 14.9 Å². The smallest absolute Gasteiger partial charge is 0.257 e. The summed E-state index contributed by atoms with van der Waals surface area (Å²) in [6, 6.07) is 20.6. The van der Waals surface area contributed by atoms with Gasteiger partial charge in [0.15, 0.2) is 5.11 Å². The van der Waals surface area contributed by atoms with Crippen molar-refractivity contribution in [3.05, 3.63) is 111 Å². The van der Waals surface area contributed by atoms with Crippen molar-refractivity contribution in [1.29, 1.82) is 0 Å². The summed E-state index contributed by atoms with van der Waals surface area (Å²) >= 11 is 23.4. The zero-order valence-electron chi connectivity index (χ0n) is 19.8. The predicted molar refractivity (Wildman–Crippen MR) is 158 cm³/mol. The average Bonchev–Trinajstić information content (AvgIpc) is 3.34. The molecule has 0 atom stereocenters. The molecule has 0 radical (unpaired) electrons. The first-order valence-corrected chi connectivity index (χ1v) is 12.7. The van der Waals surface area contributed by atoms with Gasteiger partial charge in [-0.1, -0.05) is 46.9 Å². The molecule has 4 rings (SSSR count). The van der Waals surface area contributed by atoms with Gasteiger partial charge < -0.3 is 15.1 Å². The Morgan fingerprint density at radius 2 is 1.55 bits per heavy atom. The van der Waals surface area contributed by atoms with Gasteiger partial charge >= 0.3 is 0 Å². The van der Waals surface area contributed by atoms with E-state index in [0.717, 1.165) is 11.1 Å². The van der Waals surface area contributed by atoms with E-state index in [4.69, 9.17) is 51.4 Å². The van der Waals surface area contributed by atoms with Gasteiger partial charge in [0.05, 0.1) is 10.6 Å². The van der Waals surface area contributed by atoms with Gasteiger partial charge in [-0.05, 0) is 91.4 Å². The SMILES string of the molecule is Cc1ccc(-c2ccc(/C=C/C(=O)NC(=S)Nc3ccc(NC(=O)c4ccc(Cl)cc4Cl)cc3)o2)cc1Cl. The van der Waals surface area contributed by atoms with Crippen molar-refractivity contribution in [2.24, 2.45) is 0 Å². The third-order valence-corrected chi connectivity index (χ3v) is 6.45. The number of thiocarbonyl (C=S) groups is 1. The van der Waals surface area contributed by atoms with Crippen molar-refractivity contribution < 1.29 is 14.0 Å². The zero-order valence-corrected chi connectivity index (χ0v) is 22.9. The number of benzene rings is 3. The Labute approximate surface area is 239 Å². The molecular weight excluding hydrogens is 565 g/mol. The normalized spacial score (nSPS) is 10.8. The molecule has 0 saturated heterocycles. The second-order valence-corrected chi connectivity index (χ2v) is 9.76. The number of anilines is 2. The maximum atomic E-state index is 12.5. The fourth-order valence-electron chi connectivity index (χ4n) is 3.33. The second kappa shape index (κ2) is 12.3. The molecule has 0 spiro atoms. The highest BCUT2D eigenvalue weighted by atomic mass is 35.5. The number of rotatable bonds is 6. The Morgan fingerprint density at radius 3 is 2.24 bits per heavy atom. The first-order valence-electron chi connectivity index (χ1n) is 11.2. The first-order chi connectivity index (χ1) is 18.2. The van der Waals surface area contributed by atoms with Crippen LogP contribution in [-0.2, 0) is 4.79 Å². The molecule has 0 aliphatic heterocycles. The van der Waals surface area contributed by atoms with Crippen LogP contribution in [0.15, 0.2) is 83.3 Å². The molecule has 0 unspecified atom stereocenters. The summed E-state index contributed by atoms with van der Waals surface area (Å²) in [4.78, 5) is 24.7. The molecule has 6 nitrogen and oxygen atoms in total. The lowest BCUT2D eigenvalue weighted by atomic mass is 10.1. The fraction of sp³-hybridized carbons (Fsp3) is 0.0357. The number of furan rings is 1. The van der Waals surface area contributed by atoms with Crippen LogP contribution in [0, 0.1) is 6.92 Å². The van der Waals surface area contributed by atoms with Crippen LogP contribution in [-0.4, -0.2) is 16.9 Å². The molecular formula is C28H20Cl3N3O3S. The van der Waals surface area contributed by atoms with E-state index in [0.29, 0.717) is 38.5 Å². The molecule has 1 aromatic heterocycles. The predicted octanol–water partition coefficient (Wildman–Crippen LogP) is 7.99. The zero-order chi connectivity index (χ0) is 27.2. The van der Waals surface area contributed by atoms with Crippen molar-refractivity contribution in [3.63, 3.8) is 0 Å². The summed E-state index contributed by atoms with van der Waals surface area (Å²) < 4.78 is 5.78. The molecule has 10 heteroatoms. The Hall–Kier alpha value is -3.62. The van der Waals surface area contributed by atoms with E-state index < -0.39 is 5.91 Å². The van der Waals surface area contributed by atoms with E-state index in [1.165, 1.54) is 12.1 Å². The van der Waals surface area contributed by atoms with Crippen LogP contribution < -0.4 is 16.0 Å². The summed E-state index contributed by atoms with van der Waals surface area (Å²) in [6.45, 7) is 1.93. The summed E-state index contributed by atoms with van der Waals surface area (Å²) in [6.07, 6.45) is 2.86. The van der Waals surface area contributed by atoms with Crippen molar-refractivity contribution in [2.75, 3.05) is 10.6 Å². The van der Waals surface area contributed by atoms with Crippen LogP contribution in [0.5, 0.6) is 0 Å². The molecule has 192 valence electrons. The van der Waals surface area contributed by atoms with Crippen molar-refractivity contribution in [1.82, 2.24) is 5.32 Å². The molecule has 2 amide bonds. The van der Waals surface area contributed by atoms with E-state index in [1.54, 1.807) is 54.6 Å². The quantitative estimate of drug-likeness (QED) is 0.158. The molecule has 1 heterocycles. The van der Waals surface area contributed by atoms with Crippen LogP contribution >= 0.6 is 47.0 Å². The van der Waals surface area contributed by atoms with Gasteiger partial charge in [-0.25, -0.2) is 0 Å². The largest absolute Gasteiger partial charge is 0.457 e. The number of amides is 2. The number of aryl methyl sites for hydroxylation is 1. The summed E-state index contributed by atoms with van der Waals surface area (Å²) in [5, 5.41) is 9.71. The molecule has 38 heavy (non-hydrogen) atoms. The van der Waals surface area contributed by atoms with Gasteiger partial charge in [0, 0.05) is 33.1 Å². The molecule has 3 aromatic carbocycles. The van der Waals surface area contributed by atoms with E-state index in [-0.39, 0.29) is 16.0 Å². The van der Waals surface area contributed by atoms with Gasteiger partial charge in [-0.2, -0.15) is 0 Å². The maximum absolute atomic E-state index is 12.5. The highest BCUT2D eigenvalue weighted by molar-refractivity contribution is 7.80. The lowest BCUT2D eigenvalue weighted by Gasteiger charge is -2.10. The fourth-order valence-corrected chi connectivity index (χ4v) is 4.22. The summed E-state index contributed by atoms with van der Waals surface area (Å²) in [5.41, 5.74) is 3.30. The van der Waals surface area contributed by atoms with Crippen LogP contribution in [0.2, 0.25) is 15.1 Å². The Bertz CT molecular complexity index is 1550. The first kappa shape index (κ1) is 27.4. The van der Waals surface area contributed by atoms with Crippen molar-refractivity contribution >= 4 is 81.4 Å². The van der Waals surface area contributed by atoms with Gasteiger partial charge in [0.25, 0.3) is 5.91 Å². The summed E-state index contributed by atoms with van der Waals surface area (Å²) in [7, 11) is 0. The Morgan fingerprint density at radius 1 is 0.842 bits per heavy atom. The van der Waals surface area contributed by atoms with E-state index >= 15 is 0 Å². The number of carbonyl (C=O) groups is 2. The molecule has 0 bridgehead atoms. The van der Waals surface area contributed by atoms with Crippen molar-refractivity contribution in [2.45, 2.75) is 6.92 Å².